The standard InChI is InChI=1S/C13H16O4/c1-3-17-13(16)10-4-5-11(8-14)12(7-10)6-9(2)15/h4-5,7,14H,3,6,8H2,1-2H3. The molecule has 0 fully saturated rings. The first-order valence-electron chi connectivity index (χ1n) is 5.47. The summed E-state index contributed by atoms with van der Waals surface area (Å²) in [5, 5.41) is 9.14. The van der Waals surface area contributed by atoms with E-state index < -0.39 is 5.97 Å². The summed E-state index contributed by atoms with van der Waals surface area (Å²) in [4.78, 5) is 22.6. The molecule has 4 heteroatoms. The van der Waals surface area contributed by atoms with Gasteiger partial charge in [0.25, 0.3) is 0 Å². The lowest BCUT2D eigenvalue weighted by atomic mass is 10.00. The maximum atomic E-state index is 11.5. The van der Waals surface area contributed by atoms with Gasteiger partial charge in [0.2, 0.25) is 0 Å². The van der Waals surface area contributed by atoms with Crippen LogP contribution in [0.5, 0.6) is 0 Å². The van der Waals surface area contributed by atoms with Gasteiger partial charge in [0.15, 0.2) is 0 Å². The van der Waals surface area contributed by atoms with Crippen molar-refractivity contribution in [3.05, 3.63) is 34.9 Å². The lowest BCUT2D eigenvalue weighted by molar-refractivity contribution is -0.116. The molecule has 92 valence electrons. The quantitative estimate of drug-likeness (QED) is 0.787. The zero-order valence-electron chi connectivity index (χ0n) is 10.0. The summed E-state index contributed by atoms with van der Waals surface area (Å²) in [6, 6.07) is 4.84. The third kappa shape index (κ3) is 3.67. The Morgan fingerprint density at radius 3 is 2.53 bits per heavy atom. The average molecular weight is 236 g/mol. The number of aliphatic hydroxyl groups is 1. The molecular formula is C13H16O4. The number of carbonyl (C=O) groups is 2. The Kier molecular flexibility index (Phi) is 4.84. The van der Waals surface area contributed by atoms with Gasteiger partial charge in [-0.3, -0.25) is 4.79 Å². The molecule has 0 aliphatic carbocycles. The molecule has 0 unspecified atom stereocenters. The summed E-state index contributed by atoms with van der Waals surface area (Å²) in [5.74, 6) is -0.428. The van der Waals surface area contributed by atoms with Crippen LogP contribution in [0.2, 0.25) is 0 Å². The van der Waals surface area contributed by atoms with Crippen molar-refractivity contribution in [1.29, 1.82) is 0 Å². The first kappa shape index (κ1) is 13.4. The highest BCUT2D eigenvalue weighted by Gasteiger charge is 2.11. The van der Waals surface area contributed by atoms with E-state index in [1.165, 1.54) is 6.92 Å². The number of Topliss-reactive ketones (excluding diaryl/α,β-unsaturated/α-hetero) is 1. The van der Waals surface area contributed by atoms with Crippen molar-refractivity contribution >= 4 is 11.8 Å². The molecule has 0 aliphatic rings. The number of ether oxygens (including phenoxy) is 1. The minimum absolute atomic E-state index is 0.0132. The normalized spacial score (nSPS) is 10.1. The van der Waals surface area contributed by atoms with E-state index >= 15 is 0 Å². The highest BCUT2D eigenvalue weighted by atomic mass is 16.5. The molecule has 1 aromatic carbocycles. The molecule has 1 N–H and O–H groups in total. The molecule has 0 saturated carbocycles. The van der Waals surface area contributed by atoms with Gasteiger partial charge in [0, 0.05) is 6.42 Å². The molecule has 0 atom stereocenters. The van der Waals surface area contributed by atoms with Crippen molar-refractivity contribution in [2.24, 2.45) is 0 Å². The van der Waals surface area contributed by atoms with Gasteiger partial charge in [-0.05, 0) is 37.1 Å². The molecule has 1 aromatic rings. The van der Waals surface area contributed by atoms with Gasteiger partial charge < -0.3 is 9.84 Å². The largest absolute Gasteiger partial charge is 0.462 e. The van der Waals surface area contributed by atoms with E-state index in [0.29, 0.717) is 23.3 Å². The van der Waals surface area contributed by atoms with Gasteiger partial charge in [-0.1, -0.05) is 6.07 Å². The number of hydrogen-bond acceptors (Lipinski definition) is 4. The third-order valence-corrected chi connectivity index (χ3v) is 2.33. The van der Waals surface area contributed by atoms with E-state index in [-0.39, 0.29) is 18.8 Å². The van der Waals surface area contributed by atoms with Crippen molar-refractivity contribution < 1.29 is 19.4 Å². The fraction of sp³-hybridized carbons (Fsp3) is 0.385. The summed E-state index contributed by atoms with van der Waals surface area (Å²) in [6.07, 6.45) is 0.211. The van der Waals surface area contributed by atoms with Gasteiger partial charge in [-0.2, -0.15) is 0 Å². The van der Waals surface area contributed by atoms with Crippen LogP contribution < -0.4 is 0 Å². The van der Waals surface area contributed by atoms with E-state index in [1.807, 2.05) is 0 Å². The maximum Gasteiger partial charge on any atom is 0.338 e. The molecule has 0 aromatic heterocycles. The van der Waals surface area contributed by atoms with Crippen LogP contribution in [-0.4, -0.2) is 23.5 Å². The Labute approximate surface area is 100 Å². The predicted molar refractivity (Wildman–Crippen MR) is 62.7 cm³/mol. The molecule has 0 aliphatic heterocycles. The fourth-order valence-corrected chi connectivity index (χ4v) is 1.55. The summed E-state index contributed by atoms with van der Waals surface area (Å²) in [5.41, 5.74) is 1.74. The zero-order valence-corrected chi connectivity index (χ0v) is 10.0. The Balaban J connectivity index is 3.03. The summed E-state index contributed by atoms with van der Waals surface area (Å²) in [7, 11) is 0. The number of carbonyl (C=O) groups excluding carboxylic acids is 2. The van der Waals surface area contributed by atoms with Gasteiger partial charge in [0.05, 0.1) is 18.8 Å². The van der Waals surface area contributed by atoms with Crippen molar-refractivity contribution in [2.45, 2.75) is 26.9 Å². The summed E-state index contributed by atoms with van der Waals surface area (Å²) >= 11 is 0. The average Bonchev–Trinajstić information content (AvgIpc) is 2.28. The number of hydrogen-bond donors (Lipinski definition) is 1. The minimum Gasteiger partial charge on any atom is -0.462 e. The van der Waals surface area contributed by atoms with Crippen LogP contribution in [0.1, 0.15) is 35.3 Å². The van der Waals surface area contributed by atoms with Crippen molar-refractivity contribution in [2.75, 3.05) is 6.61 Å². The van der Waals surface area contributed by atoms with Crippen molar-refractivity contribution in [3.63, 3.8) is 0 Å². The van der Waals surface area contributed by atoms with Crippen LogP contribution in [0.4, 0.5) is 0 Å². The van der Waals surface area contributed by atoms with Gasteiger partial charge in [-0.15, -0.1) is 0 Å². The molecule has 0 saturated heterocycles. The van der Waals surface area contributed by atoms with Gasteiger partial charge in [0.1, 0.15) is 5.78 Å². The van der Waals surface area contributed by atoms with Crippen LogP contribution in [0.3, 0.4) is 0 Å². The molecule has 0 amide bonds. The third-order valence-electron chi connectivity index (χ3n) is 2.33. The van der Waals surface area contributed by atoms with Crippen molar-refractivity contribution in [3.8, 4) is 0 Å². The maximum absolute atomic E-state index is 11.5. The number of ketones is 1. The first-order valence-corrected chi connectivity index (χ1v) is 5.47. The first-order chi connectivity index (χ1) is 8.08. The minimum atomic E-state index is -0.415. The number of benzene rings is 1. The van der Waals surface area contributed by atoms with Crippen LogP contribution in [-0.2, 0) is 22.6 Å². The van der Waals surface area contributed by atoms with Gasteiger partial charge >= 0.3 is 5.97 Å². The smallest absolute Gasteiger partial charge is 0.338 e. The second kappa shape index (κ2) is 6.15. The highest BCUT2D eigenvalue weighted by molar-refractivity contribution is 5.90. The Bertz CT molecular complexity index is 423. The lowest BCUT2D eigenvalue weighted by Gasteiger charge is -2.08. The lowest BCUT2D eigenvalue weighted by Crippen LogP contribution is -2.08. The molecule has 0 bridgehead atoms. The topological polar surface area (TPSA) is 63.6 Å². The predicted octanol–water partition coefficient (Wildman–Crippen LogP) is 1.49. The second-order valence-electron chi connectivity index (χ2n) is 3.74. The van der Waals surface area contributed by atoms with Crippen molar-refractivity contribution in [1.82, 2.24) is 0 Å². The number of aliphatic hydroxyl groups excluding tert-OH is 1. The molecule has 1 rings (SSSR count). The molecule has 17 heavy (non-hydrogen) atoms. The number of rotatable bonds is 5. The molecule has 0 heterocycles. The van der Waals surface area contributed by atoms with E-state index in [0.717, 1.165) is 0 Å². The SMILES string of the molecule is CCOC(=O)c1ccc(CO)c(CC(C)=O)c1. The van der Waals surface area contributed by atoms with E-state index in [1.54, 1.807) is 25.1 Å². The van der Waals surface area contributed by atoms with Gasteiger partial charge in [-0.25, -0.2) is 4.79 Å². The van der Waals surface area contributed by atoms with Crippen LogP contribution in [0.15, 0.2) is 18.2 Å². The Morgan fingerprint density at radius 1 is 1.29 bits per heavy atom. The van der Waals surface area contributed by atoms with E-state index in [4.69, 9.17) is 9.84 Å². The van der Waals surface area contributed by atoms with E-state index in [2.05, 4.69) is 0 Å². The molecule has 0 radical (unpaired) electrons. The molecule has 4 nitrogen and oxygen atoms in total. The highest BCUT2D eigenvalue weighted by Crippen LogP contribution is 2.14. The molecule has 0 spiro atoms. The fourth-order valence-electron chi connectivity index (χ4n) is 1.55. The van der Waals surface area contributed by atoms with Crippen LogP contribution in [0, 0.1) is 0 Å². The summed E-state index contributed by atoms with van der Waals surface area (Å²) < 4.78 is 4.88. The van der Waals surface area contributed by atoms with E-state index in [9.17, 15) is 9.59 Å². The monoisotopic (exact) mass is 236 g/mol. The zero-order chi connectivity index (χ0) is 12.8. The summed E-state index contributed by atoms with van der Waals surface area (Å²) in [6.45, 7) is 3.36. The van der Waals surface area contributed by atoms with Crippen LogP contribution in [0.25, 0.3) is 0 Å². The second-order valence-corrected chi connectivity index (χ2v) is 3.74. The Hall–Kier alpha value is -1.68. The Morgan fingerprint density at radius 2 is 2.00 bits per heavy atom. The number of esters is 1. The van der Waals surface area contributed by atoms with Crippen LogP contribution >= 0.6 is 0 Å². The molecular weight excluding hydrogens is 220 g/mol.